The Labute approximate surface area is 134 Å². The lowest BCUT2D eigenvalue weighted by molar-refractivity contribution is 0.508. The predicted molar refractivity (Wildman–Crippen MR) is 82.4 cm³/mol. The summed E-state index contributed by atoms with van der Waals surface area (Å²) in [4.78, 5) is 16.0. The fourth-order valence-electron chi connectivity index (χ4n) is 2.63. The molecule has 0 bridgehead atoms. The summed E-state index contributed by atoms with van der Waals surface area (Å²) in [5.74, 6) is 0.829. The first-order valence-corrected chi connectivity index (χ1v) is 9.10. The number of nitrogens with one attached hydrogen (secondary N) is 1. The van der Waals surface area contributed by atoms with Gasteiger partial charge < -0.3 is 4.57 Å². The second kappa shape index (κ2) is 6.28. The van der Waals surface area contributed by atoms with E-state index in [0.29, 0.717) is 13.0 Å². The van der Waals surface area contributed by atoms with Gasteiger partial charge in [-0.3, -0.25) is 4.57 Å². The number of aromatic nitrogens is 5. The van der Waals surface area contributed by atoms with E-state index < -0.39 is 10.0 Å². The van der Waals surface area contributed by atoms with Crippen molar-refractivity contribution in [3.05, 3.63) is 28.8 Å². The summed E-state index contributed by atoms with van der Waals surface area (Å²) < 4.78 is 31.2. The number of hydrogen-bond acceptors (Lipinski definition) is 5. The van der Waals surface area contributed by atoms with Crippen molar-refractivity contribution in [1.29, 1.82) is 0 Å². The minimum absolute atomic E-state index is 0.00498. The van der Waals surface area contributed by atoms with Crippen LogP contribution in [0.25, 0.3) is 0 Å². The first-order valence-electron chi connectivity index (χ1n) is 7.61. The summed E-state index contributed by atoms with van der Waals surface area (Å²) in [6.45, 7) is 1.34. The van der Waals surface area contributed by atoms with E-state index in [-0.39, 0.29) is 17.3 Å². The average molecular weight is 340 g/mol. The Bertz CT molecular complexity index is 847. The van der Waals surface area contributed by atoms with E-state index in [9.17, 15) is 13.2 Å². The second-order valence-corrected chi connectivity index (χ2v) is 7.37. The van der Waals surface area contributed by atoms with E-state index in [1.54, 1.807) is 16.2 Å². The second-order valence-electron chi connectivity index (χ2n) is 5.66. The Morgan fingerprint density at radius 1 is 1.35 bits per heavy atom. The van der Waals surface area contributed by atoms with Crippen molar-refractivity contribution in [2.75, 3.05) is 6.54 Å². The first-order chi connectivity index (χ1) is 11.0. The smallest absolute Gasteiger partial charge is 0.339 e. The summed E-state index contributed by atoms with van der Waals surface area (Å²) in [5.41, 5.74) is -0.104. The van der Waals surface area contributed by atoms with Gasteiger partial charge in [0, 0.05) is 39.3 Å². The molecule has 126 valence electrons. The molecule has 10 heteroatoms. The number of sulfonamides is 1. The van der Waals surface area contributed by atoms with Crippen LogP contribution < -0.4 is 10.4 Å². The van der Waals surface area contributed by atoms with Gasteiger partial charge in [-0.2, -0.15) is 5.10 Å². The molecule has 0 aliphatic carbocycles. The zero-order valence-electron chi connectivity index (χ0n) is 13.0. The molecule has 0 fully saturated rings. The van der Waals surface area contributed by atoms with Crippen LogP contribution in [0, 0.1) is 0 Å². The molecule has 0 radical (unpaired) electrons. The van der Waals surface area contributed by atoms with Crippen LogP contribution in [0.2, 0.25) is 0 Å². The molecule has 0 atom stereocenters. The lowest BCUT2D eigenvalue weighted by Crippen LogP contribution is -2.29. The van der Waals surface area contributed by atoms with Crippen LogP contribution in [0.1, 0.15) is 25.1 Å². The molecule has 0 saturated heterocycles. The number of aryl methyl sites for hydroxylation is 3. The van der Waals surface area contributed by atoms with Crippen molar-refractivity contribution in [3.8, 4) is 0 Å². The molecule has 1 aliphatic rings. The van der Waals surface area contributed by atoms with Gasteiger partial charge in [0.25, 0.3) is 10.0 Å². The summed E-state index contributed by atoms with van der Waals surface area (Å²) in [7, 11) is -1.89. The topological polar surface area (TPSA) is 104 Å². The molecule has 2 aromatic heterocycles. The zero-order chi connectivity index (χ0) is 16.4. The predicted octanol–water partition coefficient (Wildman–Crippen LogP) is -0.517. The van der Waals surface area contributed by atoms with E-state index in [1.807, 2.05) is 0 Å². The molecule has 3 rings (SSSR count). The van der Waals surface area contributed by atoms with Crippen LogP contribution in [-0.2, 0) is 36.6 Å². The molecule has 0 amide bonds. The summed E-state index contributed by atoms with van der Waals surface area (Å²) in [6.07, 6.45) is 6.25. The number of rotatable bonds is 6. The van der Waals surface area contributed by atoms with Crippen molar-refractivity contribution in [1.82, 2.24) is 28.6 Å². The van der Waals surface area contributed by atoms with Crippen LogP contribution >= 0.6 is 0 Å². The molecule has 1 aliphatic heterocycles. The zero-order valence-corrected chi connectivity index (χ0v) is 13.8. The maximum absolute atomic E-state index is 12.1. The molecule has 1 N–H and O–H groups in total. The van der Waals surface area contributed by atoms with Crippen molar-refractivity contribution in [2.45, 2.75) is 43.8 Å². The van der Waals surface area contributed by atoms with Gasteiger partial charge in [-0.25, -0.2) is 27.6 Å². The van der Waals surface area contributed by atoms with Gasteiger partial charge in [0.2, 0.25) is 0 Å². The molecule has 0 aromatic carbocycles. The van der Waals surface area contributed by atoms with Crippen LogP contribution in [0.4, 0.5) is 0 Å². The van der Waals surface area contributed by atoms with Gasteiger partial charge in [-0.05, 0) is 19.3 Å². The highest BCUT2D eigenvalue weighted by atomic mass is 32.2. The molecule has 23 heavy (non-hydrogen) atoms. The number of fused-ring (bicyclic) bond motifs is 1. The van der Waals surface area contributed by atoms with E-state index in [1.165, 1.54) is 17.2 Å². The third kappa shape index (κ3) is 3.37. The lowest BCUT2D eigenvalue weighted by atomic mass is 10.2. The van der Waals surface area contributed by atoms with E-state index in [2.05, 4.69) is 14.8 Å². The third-order valence-corrected chi connectivity index (χ3v) is 5.17. The minimum Gasteiger partial charge on any atom is -0.339 e. The first kappa shape index (κ1) is 15.9. The highest BCUT2D eigenvalue weighted by Crippen LogP contribution is 2.09. The maximum atomic E-state index is 12.1. The van der Waals surface area contributed by atoms with Gasteiger partial charge >= 0.3 is 5.69 Å². The summed E-state index contributed by atoms with van der Waals surface area (Å²) in [6, 6.07) is 0. The van der Waals surface area contributed by atoms with E-state index >= 15 is 0 Å². The Morgan fingerprint density at radius 3 is 2.87 bits per heavy atom. The van der Waals surface area contributed by atoms with E-state index in [4.69, 9.17) is 0 Å². The average Bonchev–Trinajstić information content (AvgIpc) is 3.09. The highest BCUT2D eigenvalue weighted by molar-refractivity contribution is 7.89. The number of imidazole rings is 1. The fraction of sp³-hybridized carbons (Fsp3) is 0.615. The van der Waals surface area contributed by atoms with Gasteiger partial charge in [0.1, 0.15) is 5.82 Å². The molecular formula is C13H20N6O3S. The molecular weight excluding hydrogens is 320 g/mol. The van der Waals surface area contributed by atoms with Crippen molar-refractivity contribution in [2.24, 2.45) is 7.05 Å². The van der Waals surface area contributed by atoms with Crippen molar-refractivity contribution < 1.29 is 8.42 Å². The minimum atomic E-state index is -3.60. The van der Waals surface area contributed by atoms with Gasteiger partial charge in [0.15, 0.2) is 5.03 Å². The van der Waals surface area contributed by atoms with Gasteiger partial charge in [0.05, 0.1) is 6.33 Å². The van der Waals surface area contributed by atoms with Gasteiger partial charge in [-0.1, -0.05) is 0 Å². The van der Waals surface area contributed by atoms with Crippen LogP contribution in [0.3, 0.4) is 0 Å². The number of nitrogens with zero attached hydrogens (tertiary/aromatic N) is 5. The standard InChI is InChI=1S/C13H20N6O3S/c1-17-9-12(14-10-17)23(21,22)15-6-4-8-19-13(20)18-7-3-2-5-11(18)16-19/h9-10,15H,2-8H2,1H3. The number of hydrogen-bond donors (Lipinski definition) is 1. The van der Waals surface area contributed by atoms with Crippen LogP contribution in [0.5, 0.6) is 0 Å². The molecule has 0 spiro atoms. The van der Waals surface area contributed by atoms with Crippen molar-refractivity contribution in [3.63, 3.8) is 0 Å². The van der Waals surface area contributed by atoms with Crippen LogP contribution in [-0.4, -0.2) is 38.9 Å². The SMILES string of the molecule is Cn1cnc(S(=O)(=O)NCCCn2nc3n(c2=O)CCCC3)c1. The van der Waals surface area contributed by atoms with E-state index in [0.717, 1.165) is 31.6 Å². The fourth-order valence-corrected chi connectivity index (χ4v) is 3.68. The quantitative estimate of drug-likeness (QED) is 0.713. The highest BCUT2D eigenvalue weighted by Gasteiger charge is 2.18. The molecule has 0 saturated carbocycles. The monoisotopic (exact) mass is 340 g/mol. The Balaban J connectivity index is 1.56. The molecule has 3 heterocycles. The lowest BCUT2D eigenvalue weighted by Gasteiger charge is -2.09. The normalized spacial score (nSPS) is 14.8. The Morgan fingerprint density at radius 2 is 2.17 bits per heavy atom. The largest absolute Gasteiger partial charge is 0.345 e. The maximum Gasteiger partial charge on any atom is 0.345 e. The summed E-state index contributed by atoms with van der Waals surface area (Å²) >= 11 is 0. The Kier molecular flexibility index (Phi) is 4.35. The summed E-state index contributed by atoms with van der Waals surface area (Å²) in [5, 5.41) is 4.32. The van der Waals surface area contributed by atoms with Gasteiger partial charge in [-0.15, -0.1) is 0 Å². The third-order valence-electron chi connectivity index (χ3n) is 3.83. The molecule has 2 aromatic rings. The van der Waals surface area contributed by atoms with Crippen molar-refractivity contribution >= 4 is 10.0 Å². The molecule has 9 nitrogen and oxygen atoms in total. The van der Waals surface area contributed by atoms with Crippen LogP contribution in [0.15, 0.2) is 22.3 Å². The Hall–Kier alpha value is -1.94. The molecule has 0 unspecified atom stereocenters.